The summed E-state index contributed by atoms with van der Waals surface area (Å²) in [7, 11) is 0. The molecule has 1 aliphatic rings. The van der Waals surface area contributed by atoms with E-state index in [0.717, 1.165) is 31.9 Å². The summed E-state index contributed by atoms with van der Waals surface area (Å²) in [4.78, 5) is 16.6. The quantitative estimate of drug-likeness (QED) is 0.764. The van der Waals surface area contributed by atoms with Crippen LogP contribution in [0.25, 0.3) is 0 Å². The minimum Gasteiger partial charge on any atom is -0.392 e. The molecule has 0 spiro atoms. The lowest BCUT2D eigenvalue weighted by Gasteiger charge is -2.43. The van der Waals surface area contributed by atoms with Crippen molar-refractivity contribution in [3.05, 3.63) is 0 Å². The highest BCUT2D eigenvalue weighted by atomic mass is 32.2. The van der Waals surface area contributed by atoms with E-state index >= 15 is 0 Å². The Morgan fingerprint density at radius 2 is 1.89 bits per heavy atom. The summed E-state index contributed by atoms with van der Waals surface area (Å²) in [5, 5.41) is 0. The Kier molecular flexibility index (Phi) is 5.88. The molecule has 0 aromatic carbocycles. The van der Waals surface area contributed by atoms with Gasteiger partial charge in [0, 0.05) is 38.4 Å². The van der Waals surface area contributed by atoms with E-state index in [0.29, 0.717) is 11.4 Å². The second-order valence-electron chi connectivity index (χ2n) is 5.03. The van der Waals surface area contributed by atoms with Gasteiger partial charge in [0.15, 0.2) is 0 Å². The number of hydrogen-bond acceptors (Lipinski definition) is 4. The maximum atomic E-state index is 11.9. The fourth-order valence-corrected chi connectivity index (χ4v) is 2.53. The van der Waals surface area contributed by atoms with Crippen molar-refractivity contribution in [2.24, 2.45) is 5.73 Å². The Bertz CT molecular complexity index is 312. The predicted octanol–water partition coefficient (Wildman–Crippen LogP) is 0.948. The first kappa shape index (κ1) is 15.7. The van der Waals surface area contributed by atoms with Crippen LogP contribution >= 0.6 is 24.0 Å². The standard InChI is InChI=1S/C12H23N3OS2/c1-12(2,11(13)17)15-7-5-14(6-8-15)10(16)4-9-18-3/h4-9H2,1-3H3,(H2,13,17). The van der Waals surface area contributed by atoms with Crippen LogP contribution < -0.4 is 5.73 Å². The maximum absolute atomic E-state index is 11.9. The Morgan fingerprint density at radius 3 is 2.33 bits per heavy atom. The number of hydrogen-bond donors (Lipinski definition) is 1. The van der Waals surface area contributed by atoms with Gasteiger partial charge in [-0.15, -0.1) is 0 Å². The molecule has 1 heterocycles. The zero-order chi connectivity index (χ0) is 13.8. The molecule has 0 aromatic heterocycles. The molecular formula is C12H23N3OS2. The Morgan fingerprint density at radius 1 is 1.33 bits per heavy atom. The summed E-state index contributed by atoms with van der Waals surface area (Å²) < 4.78 is 0. The van der Waals surface area contributed by atoms with E-state index in [1.165, 1.54) is 0 Å². The minimum atomic E-state index is -0.260. The molecule has 1 aliphatic heterocycles. The largest absolute Gasteiger partial charge is 0.392 e. The molecule has 0 bridgehead atoms. The van der Waals surface area contributed by atoms with Gasteiger partial charge in [-0.2, -0.15) is 11.8 Å². The molecule has 0 saturated carbocycles. The van der Waals surface area contributed by atoms with E-state index in [9.17, 15) is 4.79 Å². The molecule has 0 aromatic rings. The van der Waals surface area contributed by atoms with Crippen molar-refractivity contribution >= 4 is 34.9 Å². The van der Waals surface area contributed by atoms with Crippen molar-refractivity contribution in [1.82, 2.24) is 9.80 Å². The van der Waals surface area contributed by atoms with Crippen molar-refractivity contribution in [3.8, 4) is 0 Å². The third kappa shape index (κ3) is 3.83. The van der Waals surface area contributed by atoms with E-state index in [2.05, 4.69) is 4.90 Å². The van der Waals surface area contributed by atoms with Crippen LogP contribution in [-0.4, -0.2) is 64.4 Å². The second kappa shape index (κ2) is 6.73. The molecule has 1 fully saturated rings. The highest BCUT2D eigenvalue weighted by molar-refractivity contribution is 7.98. The van der Waals surface area contributed by atoms with Crippen LogP contribution in [0, 0.1) is 0 Å². The van der Waals surface area contributed by atoms with Crippen LogP contribution in [0.4, 0.5) is 0 Å². The molecule has 0 aliphatic carbocycles. The van der Waals surface area contributed by atoms with Crippen LogP contribution in [0.3, 0.4) is 0 Å². The normalized spacial score (nSPS) is 17.8. The average Bonchev–Trinajstić information content (AvgIpc) is 2.35. The molecule has 18 heavy (non-hydrogen) atoms. The first-order chi connectivity index (χ1) is 8.39. The van der Waals surface area contributed by atoms with Crippen molar-refractivity contribution in [2.75, 3.05) is 38.2 Å². The van der Waals surface area contributed by atoms with Crippen LogP contribution in [0.5, 0.6) is 0 Å². The van der Waals surface area contributed by atoms with Gasteiger partial charge in [-0.3, -0.25) is 9.69 Å². The first-order valence-electron chi connectivity index (χ1n) is 6.21. The SMILES string of the molecule is CSCCC(=O)N1CCN(C(C)(C)C(N)=S)CC1. The number of nitrogens with two attached hydrogens (primary N) is 1. The number of carbonyl (C=O) groups is 1. The zero-order valence-electron chi connectivity index (χ0n) is 11.4. The van der Waals surface area contributed by atoms with Gasteiger partial charge >= 0.3 is 0 Å². The number of amides is 1. The lowest BCUT2D eigenvalue weighted by atomic mass is 10.0. The van der Waals surface area contributed by atoms with Crippen molar-refractivity contribution < 1.29 is 4.79 Å². The fraction of sp³-hybridized carbons (Fsp3) is 0.833. The third-order valence-electron chi connectivity index (χ3n) is 3.55. The van der Waals surface area contributed by atoms with E-state index in [-0.39, 0.29) is 11.4 Å². The lowest BCUT2D eigenvalue weighted by molar-refractivity contribution is -0.132. The molecule has 0 atom stereocenters. The molecule has 2 N–H and O–H groups in total. The highest BCUT2D eigenvalue weighted by Gasteiger charge is 2.33. The monoisotopic (exact) mass is 289 g/mol. The Balaban J connectivity index is 2.46. The first-order valence-corrected chi connectivity index (χ1v) is 8.01. The molecular weight excluding hydrogens is 266 g/mol. The van der Waals surface area contributed by atoms with E-state index < -0.39 is 0 Å². The van der Waals surface area contributed by atoms with Gasteiger partial charge in [-0.25, -0.2) is 0 Å². The molecule has 4 nitrogen and oxygen atoms in total. The topological polar surface area (TPSA) is 49.6 Å². The van der Waals surface area contributed by atoms with Gasteiger partial charge in [-0.05, 0) is 20.1 Å². The van der Waals surface area contributed by atoms with Crippen LogP contribution in [0.2, 0.25) is 0 Å². The third-order valence-corrected chi connectivity index (χ3v) is 4.66. The minimum absolute atomic E-state index is 0.260. The highest BCUT2D eigenvalue weighted by Crippen LogP contribution is 2.17. The summed E-state index contributed by atoms with van der Waals surface area (Å²) >= 11 is 6.81. The van der Waals surface area contributed by atoms with E-state index in [1.54, 1.807) is 11.8 Å². The molecule has 1 amide bonds. The molecule has 1 rings (SSSR count). The Hall–Kier alpha value is -0.330. The lowest BCUT2D eigenvalue weighted by Crippen LogP contribution is -2.59. The van der Waals surface area contributed by atoms with E-state index in [1.807, 2.05) is 25.0 Å². The smallest absolute Gasteiger partial charge is 0.223 e. The van der Waals surface area contributed by atoms with Crippen LogP contribution in [0.15, 0.2) is 0 Å². The van der Waals surface area contributed by atoms with Crippen LogP contribution in [0.1, 0.15) is 20.3 Å². The summed E-state index contributed by atoms with van der Waals surface area (Å²) in [5.74, 6) is 1.16. The van der Waals surface area contributed by atoms with Gasteiger partial charge in [0.05, 0.1) is 10.5 Å². The number of nitrogens with zero attached hydrogens (tertiary/aromatic N) is 2. The Labute approximate surface area is 119 Å². The molecule has 1 saturated heterocycles. The van der Waals surface area contributed by atoms with Crippen molar-refractivity contribution in [2.45, 2.75) is 25.8 Å². The summed E-state index contributed by atoms with van der Waals surface area (Å²) in [6.07, 6.45) is 2.66. The van der Waals surface area contributed by atoms with E-state index in [4.69, 9.17) is 18.0 Å². The molecule has 104 valence electrons. The van der Waals surface area contributed by atoms with Gasteiger partial charge in [0.2, 0.25) is 5.91 Å². The zero-order valence-corrected chi connectivity index (χ0v) is 13.1. The van der Waals surface area contributed by atoms with Crippen molar-refractivity contribution in [3.63, 3.8) is 0 Å². The van der Waals surface area contributed by atoms with Gasteiger partial charge in [0.25, 0.3) is 0 Å². The average molecular weight is 289 g/mol. The number of thioether (sulfide) groups is 1. The number of piperazine rings is 1. The van der Waals surface area contributed by atoms with Gasteiger partial charge < -0.3 is 10.6 Å². The van der Waals surface area contributed by atoms with Gasteiger partial charge in [0.1, 0.15) is 0 Å². The number of thiocarbonyl (C=S) groups is 1. The van der Waals surface area contributed by atoms with Crippen LogP contribution in [-0.2, 0) is 4.79 Å². The van der Waals surface area contributed by atoms with Crippen molar-refractivity contribution in [1.29, 1.82) is 0 Å². The summed E-state index contributed by atoms with van der Waals surface area (Å²) in [5.41, 5.74) is 5.51. The second-order valence-corrected chi connectivity index (χ2v) is 6.46. The fourth-order valence-electron chi connectivity index (χ4n) is 2.02. The molecule has 0 radical (unpaired) electrons. The number of carbonyl (C=O) groups excluding carboxylic acids is 1. The molecule has 6 heteroatoms. The van der Waals surface area contributed by atoms with Gasteiger partial charge in [-0.1, -0.05) is 12.2 Å². The predicted molar refractivity (Wildman–Crippen MR) is 82.0 cm³/mol. The number of rotatable bonds is 5. The summed E-state index contributed by atoms with van der Waals surface area (Å²) in [6, 6.07) is 0. The molecule has 0 unspecified atom stereocenters. The summed E-state index contributed by atoms with van der Waals surface area (Å²) in [6.45, 7) is 7.32. The maximum Gasteiger partial charge on any atom is 0.223 e.